The fourth-order valence-electron chi connectivity index (χ4n) is 1.80. The Balaban J connectivity index is 3.82. The summed E-state index contributed by atoms with van der Waals surface area (Å²) in [5.74, 6) is -0.698. The van der Waals surface area contributed by atoms with Gasteiger partial charge in [0.05, 0.1) is 0 Å². The van der Waals surface area contributed by atoms with Gasteiger partial charge in [-0.1, -0.05) is 6.92 Å². The fourth-order valence-corrected chi connectivity index (χ4v) is 1.80. The third kappa shape index (κ3) is 7.65. The summed E-state index contributed by atoms with van der Waals surface area (Å²) in [5.41, 5.74) is 0. The van der Waals surface area contributed by atoms with E-state index in [1.54, 1.807) is 0 Å². The van der Waals surface area contributed by atoms with E-state index in [0.717, 1.165) is 32.5 Å². The van der Waals surface area contributed by atoms with Gasteiger partial charge in [-0.2, -0.15) is 0 Å². The maximum absolute atomic E-state index is 10.5. The number of carbonyl (C=O) groups is 1. The highest BCUT2D eigenvalue weighted by atomic mass is 16.4. The minimum Gasteiger partial charge on any atom is -0.481 e. The molecule has 16 heavy (non-hydrogen) atoms. The zero-order valence-electron chi connectivity index (χ0n) is 11.1. The summed E-state index contributed by atoms with van der Waals surface area (Å²) in [6, 6.07) is 0.364. The van der Waals surface area contributed by atoms with Crippen LogP contribution < -0.4 is 0 Å². The highest BCUT2D eigenvalue weighted by molar-refractivity contribution is 5.66. The lowest BCUT2D eigenvalue weighted by molar-refractivity contribution is -0.137. The van der Waals surface area contributed by atoms with Crippen molar-refractivity contribution in [1.82, 2.24) is 9.80 Å². The number of carboxylic acid groups (broad SMARTS) is 1. The van der Waals surface area contributed by atoms with Crippen molar-refractivity contribution >= 4 is 5.97 Å². The van der Waals surface area contributed by atoms with Crippen LogP contribution in [0.1, 0.15) is 33.1 Å². The first kappa shape index (κ1) is 15.4. The monoisotopic (exact) mass is 230 g/mol. The molecule has 0 heterocycles. The first-order valence-electron chi connectivity index (χ1n) is 6.08. The molecule has 0 aliphatic heterocycles. The Bertz CT molecular complexity index is 195. The van der Waals surface area contributed by atoms with Gasteiger partial charge in [0.15, 0.2) is 0 Å². The number of rotatable bonds is 9. The first-order chi connectivity index (χ1) is 7.47. The number of nitrogens with zero attached hydrogens (tertiary/aromatic N) is 2. The summed E-state index contributed by atoms with van der Waals surface area (Å²) in [4.78, 5) is 15.0. The Kier molecular flexibility index (Phi) is 8.21. The molecule has 0 aliphatic rings. The van der Waals surface area contributed by atoms with Crippen LogP contribution in [0, 0.1) is 0 Å². The van der Waals surface area contributed by atoms with E-state index in [1.807, 2.05) is 0 Å². The molecule has 0 rings (SSSR count). The van der Waals surface area contributed by atoms with Crippen molar-refractivity contribution in [3.05, 3.63) is 0 Å². The molecule has 1 N–H and O–H groups in total. The highest BCUT2D eigenvalue weighted by Gasteiger charge is 2.12. The second-order valence-corrected chi connectivity index (χ2v) is 4.57. The summed E-state index contributed by atoms with van der Waals surface area (Å²) < 4.78 is 0. The van der Waals surface area contributed by atoms with E-state index in [9.17, 15) is 4.79 Å². The third-order valence-corrected chi connectivity index (χ3v) is 2.86. The Morgan fingerprint density at radius 3 is 2.38 bits per heavy atom. The average Bonchev–Trinajstić information content (AvgIpc) is 2.20. The van der Waals surface area contributed by atoms with Gasteiger partial charge in [0.25, 0.3) is 0 Å². The van der Waals surface area contributed by atoms with Crippen molar-refractivity contribution in [2.24, 2.45) is 0 Å². The molecular weight excluding hydrogens is 204 g/mol. The minimum atomic E-state index is -0.698. The van der Waals surface area contributed by atoms with Crippen LogP contribution in [-0.4, -0.2) is 60.6 Å². The largest absolute Gasteiger partial charge is 0.481 e. The Morgan fingerprint density at radius 1 is 1.31 bits per heavy atom. The van der Waals surface area contributed by atoms with Crippen LogP contribution in [0.4, 0.5) is 0 Å². The van der Waals surface area contributed by atoms with Crippen molar-refractivity contribution < 1.29 is 9.90 Å². The van der Waals surface area contributed by atoms with Crippen molar-refractivity contribution in [2.75, 3.05) is 33.7 Å². The fraction of sp³-hybridized carbons (Fsp3) is 0.917. The molecule has 4 nitrogen and oxygen atoms in total. The standard InChI is InChI=1S/C12H26N2O2/c1-5-14(10-6-9-13(3)4)11(2)7-8-12(15)16/h11H,5-10H2,1-4H3,(H,15,16). The first-order valence-corrected chi connectivity index (χ1v) is 6.08. The maximum atomic E-state index is 10.5. The van der Waals surface area contributed by atoms with E-state index in [-0.39, 0.29) is 6.42 Å². The third-order valence-electron chi connectivity index (χ3n) is 2.86. The zero-order chi connectivity index (χ0) is 12.6. The lowest BCUT2D eigenvalue weighted by Gasteiger charge is -2.28. The summed E-state index contributed by atoms with van der Waals surface area (Å²) in [6.45, 7) is 7.38. The summed E-state index contributed by atoms with van der Waals surface area (Å²) in [5, 5.41) is 8.64. The smallest absolute Gasteiger partial charge is 0.303 e. The molecule has 0 aliphatic carbocycles. The topological polar surface area (TPSA) is 43.8 Å². The molecule has 0 saturated heterocycles. The minimum absolute atomic E-state index is 0.269. The Labute approximate surface area is 99.2 Å². The van der Waals surface area contributed by atoms with Crippen LogP contribution in [0.5, 0.6) is 0 Å². The van der Waals surface area contributed by atoms with Gasteiger partial charge in [-0.15, -0.1) is 0 Å². The number of hydrogen-bond donors (Lipinski definition) is 1. The predicted molar refractivity (Wildman–Crippen MR) is 66.7 cm³/mol. The quantitative estimate of drug-likeness (QED) is 0.652. The molecule has 0 bridgehead atoms. The van der Waals surface area contributed by atoms with E-state index in [4.69, 9.17) is 5.11 Å². The lowest BCUT2D eigenvalue weighted by Crippen LogP contribution is -2.35. The van der Waals surface area contributed by atoms with Gasteiger partial charge in [0, 0.05) is 12.5 Å². The van der Waals surface area contributed by atoms with Crippen LogP contribution >= 0.6 is 0 Å². The van der Waals surface area contributed by atoms with Gasteiger partial charge < -0.3 is 14.9 Å². The molecule has 0 spiro atoms. The van der Waals surface area contributed by atoms with E-state index in [1.165, 1.54) is 0 Å². The molecule has 0 aromatic carbocycles. The molecule has 0 fully saturated rings. The van der Waals surface area contributed by atoms with Gasteiger partial charge >= 0.3 is 5.97 Å². The molecule has 1 atom stereocenters. The molecule has 4 heteroatoms. The molecule has 96 valence electrons. The SMILES string of the molecule is CCN(CCCN(C)C)C(C)CCC(=O)O. The van der Waals surface area contributed by atoms with Crippen molar-refractivity contribution in [2.45, 2.75) is 39.2 Å². The Morgan fingerprint density at radius 2 is 1.94 bits per heavy atom. The normalized spacial score (nSPS) is 13.4. The molecule has 0 aromatic heterocycles. The van der Waals surface area contributed by atoms with Crippen molar-refractivity contribution in [3.63, 3.8) is 0 Å². The molecule has 0 amide bonds. The van der Waals surface area contributed by atoms with E-state index in [2.05, 4.69) is 37.7 Å². The molecule has 1 unspecified atom stereocenters. The summed E-state index contributed by atoms with van der Waals surface area (Å²) >= 11 is 0. The second-order valence-electron chi connectivity index (χ2n) is 4.57. The number of carboxylic acids is 1. The highest BCUT2D eigenvalue weighted by Crippen LogP contribution is 2.07. The van der Waals surface area contributed by atoms with Gasteiger partial charge in [0.1, 0.15) is 0 Å². The van der Waals surface area contributed by atoms with Crippen LogP contribution in [-0.2, 0) is 4.79 Å². The van der Waals surface area contributed by atoms with Gasteiger partial charge in [-0.3, -0.25) is 4.79 Å². The lowest BCUT2D eigenvalue weighted by atomic mass is 10.1. The maximum Gasteiger partial charge on any atom is 0.303 e. The van der Waals surface area contributed by atoms with E-state index < -0.39 is 5.97 Å². The molecule has 0 aromatic rings. The van der Waals surface area contributed by atoms with Crippen LogP contribution in [0.15, 0.2) is 0 Å². The summed E-state index contributed by atoms with van der Waals surface area (Å²) in [7, 11) is 4.15. The Hall–Kier alpha value is -0.610. The van der Waals surface area contributed by atoms with Gasteiger partial charge in [-0.25, -0.2) is 0 Å². The van der Waals surface area contributed by atoms with Crippen molar-refractivity contribution in [1.29, 1.82) is 0 Å². The van der Waals surface area contributed by atoms with Crippen LogP contribution in [0.2, 0.25) is 0 Å². The van der Waals surface area contributed by atoms with Crippen LogP contribution in [0.25, 0.3) is 0 Å². The second kappa shape index (κ2) is 8.53. The molecule has 0 saturated carbocycles. The summed E-state index contributed by atoms with van der Waals surface area (Å²) in [6.07, 6.45) is 2.15. The average molecular weight is 230 g/mol. The predicted octanol–water partition coefficient (Wildman–Crippen LogP) is 1.51. The van der Waals surface area contributed by atoms with E-state index >= 15 is 0 Å². The molecular formula is C12H26N2O2. The van der Waals surface area contributed by atoms with Gasteiger partial charge in [0.2, 0.25) is 0 Å². The number of hydrogen-bond acceptors (Lipinski definition) is 3. The van der Waals surface area contributed by atoms with E-state index in [0.29, 0.717) is 6.04 Å². The number of aliphatic carboxylic acids is 1. The molecule has 0 radical (unpaired) electrons. The zero-order valence-corrected chi connectivity index (χ0v) is 11.1. The van der Waals surface area contributed by atoms with Gasteiger partial charge in [-0.05, 0) is 53.5 Å². The van der Waals surface area contributed by atoms with Crippen LogP contribution in [0.3, 0.4) is 0 Å². The van der Waals surface area contributed by atoms with Crippen molar-refractivity contribution in [3.8, 4) is 0 Å².